The van der Waals surface area contributed by atoms with E-state index in [-0.39, 0.29) is 0 Å². The lowest BCUT2D eigenvalue weighted by molar-refractivity contribution is 0.469. The summed E-state index contributed by atoms with van der Waals surface area (Å²) in [5, 5.41) is 9.08. The van der Waals surface area contributed by atoms with Crippen molar-refractivity contribution in [1.29, 1.82) is 0 Å². The van der Waals surface area contributed by atoms with Crippen molar-refractivity contribution in [3.05, 3.63) is 33.2 Å². The maximum Gasteiger partial charge on any atom is 0.299 e. The van der Waals surface area contributed by atoms with Crippen LogP contribution < -0.4 is 10.5 Å². The largest absolute Gasteiger partial charge is 0.430 e. The molecule has 0 aliphatic heterocycles. The molecule has 0 radical (unpaired) electrons. The van der Waals surface area contributed by atoms with Gasteiger partial charge in [-0.25, -0.2) is 0 Å². The van der Waals surface area contributed by atoms with Gasteiger partial charge in [-0.05, 0) is 30.7 Å². The van der Waals surface area contributed by atoms with E-state index in [2.05, 4.69) is 26.1 Å². The Morgan fingerprint density at radius 1 is 1.44 bits per heavy atom. The Kier molecular flexibility index (Phi) is 3.52. The summed E-state index contributed by atoms with van der Waals surface area (Å²) >= 11 is 4.76. The highest BCUT2D eigenvalue weighted by atomic mass is 79.9. The van der Waals surface area contributed by atoms with Gasteiger partial charge in [0, 0.05) is 11.0 Å². The molecule has 0 amide bonds. The molecule has 6 heteroatoms. The zero-order chi connectivity index (χ0) is 11.5. The number of nitrogens with zero attached hydrogens (tertiary/aromatic N) is 2. The molecule has 1 aromatic heterocycles. The number of aromatic nitrogens is 2. The van der Waals surface area contributed by atoms with Crippen LogP contribution in [0.5, 0.6) is 10.9 Å². The lowest BCUT2D eigenvalue weighted by Gasteiger charge is -2.04. The molecule has 0 aliphatic rings. The van der Waals surface area contributed by atoms with Crippen LogP contribution in [-0.4, -0.2) is 10.2 Å². The highest BCUT2D eigenvalue weighted by molar-refractivity contribution is 9.10. The summed E-state index contributed by atoms with van der Waals surface area (Å²) in [6, 6.07) is 5.80. The highest BCUT2D eigenvalue weighted by Crippen LogP contribution is 2.29. The van der Waals surface area contributed by atoms with E-state index in [1.165, 1.54) is 11.3 Å². The van der Waals surface area contributed by atoms with Gasteiger partial charge in [0.25, 0.3) is 5.19 Å². The average Bonchev–Trinajstić information content (AvgIpc) is 2.70. The summed E-state index contributed by atoms with van der Waals surface area (Å²) in [5.41, 5.74) is 6.49. The zero-order valence-electron chi connectivity index (χ0n) is 8.61. The number of nitrogens with two attached hydrogens (primary N) is 1. The Morgan fingerprint density at radius 2 is 2.25 bits per heavy atom. The normalized spacial score (nSPS) is 10.4. The fourth-order valence-corrected chi connectivity index (χ4v) is 2.24. The maximum absolute atomic E-state index is 5.62. The molecular formula is C10H10BrN3OS. The van der Waals surface area contributed by atoms with Crippen LogP contribution in [0.3, 0.4) is 0 Å². The summed E-state index contributed by atoms with van der Waals surface area (Å²) in [6.45, 7) is 2.37. The molecule has 4 nitrogen and oxygen atoms in total. The third kappa shape index (κ3) is 2.58. The number of hydrogen-bond donors (Lipinski definition) is 1. The van der Waals surface area contributed by atoms with Crippen molar-refractivity contribution in [2.75, 3.05) is 0 Å². The fraction of sp³-hybridized carbons (Fsp3) is 0.200. The Morgan fingerprint density at radius 3 is 2.88 bits per heavy atom. The Balaban J connectivity index is 2.20. The minimum absolute atomic E-state index is 0.389. The Hall–Kier alpha value is -0.980. The lowest BCUT2D eigenvalue weighted by atomic mass is 10.2. The molecule has 0 aliphatic carbocycles. The van der Waals surface area contributed by atoms with Crippen molar-refractivity contribution < 1.29 is 4.74 Å². The van der Waals surface area contributed by atoms with Crippen LogP contribution in [0.25, 0.3) is 0 Å². The van der Waals surface area contributed by atoms with Gasteiger partial charge < -0.3 is 10.5 Å². The van der Waals surface area contributed by atoms with Gasteiger partial charge >= 0.3 is 0 Å². The van der Waals surface area contributed by atoms with E-state index < -0.39 is 0 Å². The quantitative estimate of drug-likeness (QED) is 0.947. The van der Waals surface area contributed by atoms with Gasteiger partial charge in [0.05, 0.1) is 0 Å². The van der Waals surface area contributed by atoms with Crippen molar-refractivity contribution >= 4 is 27.3 Å². The Labute approximate surface area is 106 Å². The van der Waals surface area contributed by atoms with Crippen LogP contribution in [0, 0.1) is 6.92 Å². The van der Waals surface area contributed by atoms with Gasteiger partial charge in [-0.15, -0.1) is 5.10 Å². The molecule has 1 aromatic carbocycles. The van der Waals surface area contributed by atoms with Gasteiger partial charge in [-0.1, -0.05) is 32.4 Å². The molecule has 2 N–H and O–H groups in total. The number of rotatable bonds is 3. The summed E-state index contributed by atoms with van der Waals surface area (Å²) in [5.74, 6) is 0.780. The van der Waals surface area contributed by atoms with Crippen LogP contribution >= 0.6 is 27.3 Å². The smallest absolute Gasteiger partial charge is 0.299 e. The van der Waals surface area contributed by atoms with E-state index in [4.69, 9.17) is 10.5 Å². The molecule has 0 spiro atoms. The van der Waals surface area contributed by atoms with E-state index in [0.717, 1.165) is 20.8 Å². The zero-order valence-corrected chi connectivity index (χ0v) is 11.0. The van der Waals surface area contributed by atoms with Gasteiger partial charge in [-0.3, -0.25) is 0 Å². The first-order valence-electron chi connectivity index (χ1n) is 4.65. The number of ether oxygens (including phenoxy) is 1. The first-order chi connectivity index (χ1) is 7.69. The second kappa shape index (κ2) is 4.90. The van der Waals surface area contributed by atoms with E-state index in [1.54, 1.807) is 0 Å². The van der Waals surface area contributed by atoms with Gasteiger partial charge in [-0.2, -0.15) is 0 Å². The number of halogens is 1. The van der Waals surface area contributed by atoms with Gasteiger partial charge in [0.2, 0.25) is 0 Å². The first-order valence-corrected chi connectivity index (χ1v) is 6.26. The molecule has 0 saturated carbocycles. The topological polar surface area (TPSA) is 61.0 Å². The molecule has 16 heavy (non-hydrogen) atoms. The monoisotopic (exact) mass is 299 g/mol. The van der Waals surface area contributed by atoms with Crippen molar-refractivity contribution in [2.24, 2.45) is 5.73 Å². The van der Waals surface area contributed by atoms with E-state index in [0.29, 0.717) is 11.7 Å². The van der Waals surface area contributed by atoms with Gasteiger partial charge in [0.15, 0.2) is 0 Å². The standard InChI is InChI=1S/C10H10BrN3OS/c1-6-4-7(11)2-3-8(6)15-10-14-13-9(5-12)16-10/h2-4H,5,12H2,1H3. The van der Waals surface area contributed by atoms with E-state index >= 15 is 0 Å². The molecule has 2 aromatic rings. The van der Waals surface area contributed by atoms with Crippen molar-refractivity contribution in [1.82, 2.24) is 10.2 Å². The summed E-state index contributed by atoms with van der Waals surface area (Å²) in [6.07, 6.45) is 0. The molecule has 0 bridgehead atoms. The molecule has 2 rings (SSSR count). The molecule has 0 unspecified atom stereocenters. The predicted octanol–water partition coefficient (Wildman–Crippen LogP) is 2.86. The SMILES string of the molecule is Cc1cc(Br)ccc1Oc1nnc(CN)s1. The first kappa shape index (κ1) is 11.5. The van der Waals surface area contributed by atoms with E-state index in [9.17, 15) is 0 Å². The second-order valence-corrected chi connectivity index (χ2v) is 5.12. The molecular weight excluding hydrogens is 290 g/mol. The molecule has 0 fully saturated rings. The Bertz CT molecular complexity index is 501. The molecule has 84 valence electrons. The third-order valence-electron chi connectivity index (χ3n) is 1.96. The van der Waals surface area contributed by atoms with E-state index in [1.807, 2.05) is 25.1 Å². The second-order valence-electron chi connectivity index (χ2n) is 3.18. The van der Waals surface area contributed by atoms with Gasteiger partial charge in [0.1, 0.15) is 10.8 Å². The van der Waals surface area contributed by atoms with Crippen LogP contribution in [0.15, 0.2) is 22.7 Å². The minimum atomic E-state index is 0.389. The van der Waals surface area contributed by atoms with Crippen molar-refractivity contribution in [3.63, 3.8) is 0 Å². The summed E-state index contributed by atoms with van der Waals surface area (Å²) in [7, 11) is 0. The minimum Gasteiger partial charge on any atom is -0.430 e. The number of benzene rings is 1. The van der Waals surface area contributed by atoms with Crippen LogP contribution in [0.4, 0.5) is 0 Å². The average molecular weight is 300 g/mol. The van der Waals surface area contributed by atoms with Crippen LogP contribution in [0.1, 0.15) is 10.6 Å². The van der Waals surface area contributed by atoms with Crippen molar-refractivity contribution in [2.45, 2.75) is 13.5 Å². The summed E-state index contributed by atoms with van der Waals surface area (Å²) < 4.78 is 6.64. The number of aryl methyl sites for hydroxylation is 1. The lowest BCUT2D eigenvalue weighted by Crippen LogP contribution is -1.94. The van der Waals surface area contributed by atoms with Crippen LogP contribution in [-0.2, 0) is 6.54 Å². The predicted molar refractivity (Wildman–Crippen MR) is 66.8 cm³/mol. The fourth-order valence-electron chi connectivity index (χ4n) is 1.18. The maximum atomic E-state index is 5.62. The molecule has 1 heterocycles. The summed E-state index contributed by atoms with van der Waals surface area (Å²) in [4.78, 5) is 0. The number of hydrogen-bond acceptors (Lipinski definition) is 5. The van der Waals surface area contributed by atoms with Crippen molar-refractivity contribution in [3.8, 4) is 10.9 Å². The highest BCUT2D eigenvalue weighted by Gasteiger charge is 2.07. The van der Waals surface area contributed by atoms with Crippen LogP contribution in [0.2, 0.25) is 0 Å². The third-order valence-corrected chi connectivity index (χ3v) is 3.27. The molecule has 0 saturated heterocycles. The molecule has 0 atom stereocenters.